The van der Waals surface area contributed by atoms with E-state index in [1.807, 2.05) is 22.2 Å². The van der Waals surface area contributed by atoms with Crippen molar-refractivity contribution in [3.8, 4) is 0 Å². The molecule has 6 heteroatoms. The van der Waals surface area contributed by atoms with E-state index in [2.05, 4.69) is 21.9 Å². The first-order valence-corrected chi connectivity index (χ1v) is 6.65. The molecule has 2 N–H and O–H groups in total. The van der Waals surface area contributed by atoms with E-state index in [1.54, 1.807) is 17.5 Å². The molecule has 0 aliphatic heterocycles. The molecule has 0 aliphatic rings. The molecule has 0 saturated carbocycles. The SMILES string of the molecule is CCc1nccn1Cc1nc(N)c2ccsc2n1. The van der Waals surface area contributed by atoms with E-state index in [-0.39, 0.29) is 0 Å². The Hall–Kier alpha value is -1.95. The van der Waals surface area contributed by atoms with Crippen molar-refractivity contribution >= 4 is 27.4 Å². The topological polar surface area (TPSA) is 69.6 Å². The van der Waals surface area contributed by atoms with Gasteiger partial charge in [-0.25, -0.2) is 15.0 Å². The highest BCUT2D eigenvalue weighted by Crippen LogP contribution is 2.23. The molecule has 0 aromatic carbocycles. The molecular formula is C12H13N5S. The number of imidazole rings is 1. The zero-order valence-corrected chi connectivity index (χ0v) is 10.8. The summed E-state index contributed by atoms with van der Waals surface area (Å²) in [6.07, 6.45) is 4.63. The number of rotatable bonds is 3. The third-order valence-electron chi connectivity index (χ3n) is 2.83. The number of aromatic nitrogens is 4. The largest absolute Gasteiger partial charge is 0.383 e. The van der Waals surface area contributed by atoms with Crippen LogP contribution in [0.5, 0.6) is 0 Å². The highest BCUT2D eigenvalue weighted by Gasteiger charge is 2.08. The van der Waals surface area contributed by atoms with Gasteiger partial charge in [-0.2, -0.15) is 0 Å². The molecule has 5 nitrogen and oxygen atoms in total. The Kier molecular flexibility index (Phi) is 2.71. The normalized spacial score (nSPS) is 11.2. The molecule has 0 fully saturated rings. The Labute approximate surface area is 108 Å². The summed E-state index contributed by atoms with van der Waals surface area (Å²) in [5.41, 5.74) is 5.93. The van der Waals surface area contributed by atoms with Crippen LogP contribution in [0.15, 0.2) is 23.8 Å². The van der Waals surface area contributed by atoms with Crippen LogP contribution in [0, 0.1) is 0 Å². The third-order valence-corrected chi connectivity index (χ3v) is 3.64. The molecule has 0 saturated heterocycles. The second kappa shape index (κ2) is 4.38. The van der Waals surface area contributed by atoms with Gasteiger partial charge in [-0.3, -0.25) is 0 Å². The maximum absolute atomic E-state index is 5.93. The van der Waals surface area contributed by atoms with Crippen molar-refractivity contribution in [1.29, 1.82) is 0 Å². The van der Waals surface area contributed by atoms with E-state index in [0.717, 1.165) is 28.3 Å². The lowest BCUT2D eigenvalue weighted by molar-refractivity contribution is 0.701. The molecule has 0 radical (unpaired) electrons. The number of nitrogens with two attached hydrogens (primary N) is 1. The Balaban J connectivity index is 1.99. The van der Waals surface area contributed by atoms with Gasteiger partial charge in [-0.15, -0.1) is 11.3 Å². The van der Waals surface area contributed by atoms with Crippen LogP contribution >= 0.6 is 11.3 Å². The summed E-state index contributed by atoms with van der Waals surface area (Å²) in [7, 11) is 0. The second-order valence-electron chi connectivity index (χ2n) is 3.99. The maximum atomic E-state index is 5.93. The molecule has 0 atom stereocenters. The molecule has 3 aromatic rings. The minimum absolute atomic E-state index is 0.550. The summed E-state index contributed by atoms with van der Waals surface area (Å²) in [6, 6.07) is 1.95. The number of thiophene rings is 1. The van der Waals surface area contributed by atoms with Crippen LogP contribution in [0.3, 0.4) is 0 Å². The van der Waals surface area contributed by atoms with Gasteiger partial charge < -0.3 is 10.3 Å². The van der Waals surface area contributed by atoms with Crippen LogP contribution < -0.4 is 5.73 Å². The van der Waals surface area contributed by atoms with Crippen molar-refractivity contribution in [3.63, 3.8) is 0 Å². The lowest BCUT2D eigenvalue weighted by atomic mass is 10.3. The summed E-state index contributed by atoms with van der Waals surface area (Å²) >= 11 is 1.58. The van der Waals surface area contributed by atoms with Crippen molar-refractivity contribution in [1.82, 2.24) is 19.5 Å². The molecular weight excluding hydrogens is 246 g/mol. The molecule has 0 amide bonds. The Morgan fingerprint density at radius 3 is 3.11 bits per heavy atom. The fourth-order valence-electron chi connectivity index (χ4n) is 1.95. The van der Waals surface area contributed by atoms with Gasteiger partial charge in [0.2, 0.25) is 0 Å². The molecule has 92 valence electrons. The summed E-state index contributed by atoms with van der Waals surface area (Å²) < 4.78 is 2.05. The van der Waals surface area contributed by atoms with Gasteiger partial charge in [0.15, 0.2) is 5.82 Å². The smallest absolute Gasteiger partial charge is 0.152 e. The molecule has 0 aliphatic carbocycles. The van der Waals surface area contributed by atoms with E-state index in [1.165, 1.54) is 0 Å². The number of hydrogen-bond acceptors (Lipinski definition) is 5. The average Bonchev–Trinajstić information content (AvgIpc) is 2.97. The second-order valence-corrected chi connectivity index (χ2v) is 4.88. The van der Waals surface area contributed by atoms with Gasteiger partial charge in [0.1, 0.15) is 16.5 Å². The summed E-state index contributed by atoms with van der Waals surface area (Å²) in [5.74, 6) is 2.31. The van der Waals surface area contributed by atoms with Crippen LogP contribution in [-0.2, 0) is 13.0 Å². The first-order valence-electron chi connectivity index (χ1n) is 5.77. The van der Waals surface area contributed by atoms with Gasteiger partial charge in [0, 0.05) is 18.8 Å². The van der Waals surface area contributed by atoms with E-state index in [9.17, 15) is 0 Å². The molecule has 3 aromatic heterocycles. The van der Waals surface area contributed by atoms with E-state index in [4.69, 9.17) is 5.73 Å². The standard InChI is InChI=1S/C12H13N5S/c1-2-10-14-4-5-17(10)7-9-15-11(13)8-3-6-18-12(8)16-9/h3-6H,2,7H2,1H3,(H2,13,15,16). The minimum atomic E-state index is 0.550. The van der Waals surface area contributed by atoms with Crippen LogP contribution in [0.1, 0.15) is 18.6 Å². The fourth-order valence-corrected chi connectivity index (χ4v) is 2.74. The van der Waals surface area contributed by atoms with Gasteiger partial charge in [-0.05, 0) is 11.4 Å². The molecule has 18 heavy (non-hydrogen) atoms. The molecule has 0 unspecified atom stereocenters. The average molecular weight is 259 g/mol. The van der Waals surface area contributed by atoms with Crippen molar-refractivity contribution in [3.05, 3.63) is 35.5 Å². The van der Waals surface area contributed by atoms with Gasteiger partial charge in [-0.1, -0.05) is 6.92 Å². The zero-order chi connectivity index (χ0) is 12.5. The molecule has 0 spiro atoms. The van der Waals surface area contributed by atoms with Crippen molar-refractivity contribution in [2.75, 3.05) is 5.73 Å². The van der Waals surface area contributed by atoms with E-state index < -0.39 is 0 Å². The number of hydrogen-bond donors (Lipinski definition) is 1. The number of anilines is 1. The quantitative estimate of drug-likeness (QED) is 0.781. The Morgan fingerprint density at radius 2 is 2.28 bits per heavy atom. The van der Waals surface area contributed by atoms with Crippen molar-refractivity contribution < 1.29 is 0 Å². The maximum Gasteiger partial charge on any atom is 0.152 e. The van der Waals surface area contributed by atoms with Gasteiger partial charge in [0.25, 0.3) is 0 Å². The summed E-state index contributed by atoms with van der Waals surface area (Å²) in [4.78, 5) is 14.1. The highest BCUT2D eigenvalue weighted by molar-refractivity contribution is 7.16. The number of nitrogen functional groups attached to an aromatic ring is 1. The van der Waals surface area contributed by atoms with Crippen LogP contribution in [0.4, 0.5) is 5.82 Å². The van der Waals surface area contributed by atoms with Gasteiger partial charge in [0.05, 0.1) is 11.9 Å². The summed E-state index contributed by atoms with van der Waals surface area (Å²) in [5, 5.41) is 2.92. The molecule has 3 rings (SSSR count). The lowest BCUT2D eigenvalue weighted by Crippen LogP contribution is -2.08. The predicted molar refractivity (Wildman–Crippen MR) is 72.5 cm³/mol. The fraction of sp³-hybridized carbons (Fsp3) is 0.250. The first-order chi connectivity index (χ1) is 8.78. The van der Waals surface area contributed by atoms with E-state index >= 15 is 0 Å². The van der Waals surface area contributed by atoms with Crippen LogP contribution in [0.2, 0.25) is 0 Å². The van der Waals surface area contributed by atoms with E-state index in [0.29, 0.717) is 12.4 Å². The third kappa shape index (κ3) is 1.84. The lowest BCUT2D eigenvalue weighted by Gasteiger charge is -2.06. The zero-order valence-electron chi connectivity index (χ0n) is 10.00. The van der Waals surface area contributed by atoms with Crippen molar-refractivity contribution in [2.24, 2.45) is 0 Å². The predicted octanol–water partition coefficient (Wildman–Crippen LogP) is 2.08. The molecule has 0 bridgehead atoms. The molecule has 3 heterocycles. The Bertz CT molecular complexity index is 685. The van der Waals surface area contributed by atoms with Gasteiger partial charge >= 0.3 is 0 Å². The van der Waals surface area contributed by atoms with Crippen LogP contribution in [-0.4, -0.2) is 19.5 Å². The minimum Gasteiger partial charge on any atom is -0.383 e. The Morgan fingerprint density at radius 1 is 1.39 bits per heavy atom. The number of aryl methyl sites for hydroxylation is 1. The number of nitrogens with zero attached hydrogens (tertiary/aromatic N) is 4. The van der Waals surface area contributed by atoms with Crippen molar-refractivity contribution in [2.45, 2.75) is 19.9 Å². The van der Waals surface area contributed by atoms with Crippen LogP contribution in [0.25, 0.3) is 10.2 Å². The summed E-state index contributed by atoms with van der Waals surface area (Å²) in [6.45, 7) is 2.69. The first kappa shape index (κ1) is 11.2. The highest BCUT2D eigenvalue weighted by atomic mass is 32.1. The number of fused-ring (bicyclic) bond motifs is 1. The monoisotopic (exact) mass is 259 g/mol.